The average molecular weight is 263 g/mol. The van der Waals surface area contributed by atoms with Crippen LogP contribution in [0.2, 0.25) is 0 Å². The zero-order valence-corrected chi connectivity index (χ0v) is 11.0. The Morgan fingerprint density at radius 2 is 2.12 bits per heavy atom. The van der Waals surface area contributed by atoms with Crippen LogP contribution in [0, 0.1) is 11.3 Å². The summed E-state index contributed by atoms with van der Waals surface area (Å²) in [6.45, 7) is 5.05. The number of nitriles is 1. The summed E-state index contributed by atoms with van der Waals surface area (Å²) in [7, 11) is -3.93. The Labute approximate surface area is 102 Å². The molecule has 0 rings (SSSR count). The summed E-state index contributed by atoms with van der Waals surface area (Å²) < 4.78 is 30.8. The Balaban J connectivity index is 4.54. The molecular weight excluding hydrogens is 246 g/mol. The smallest absolute Gasteiger partial charge is 0.422 e. The number of hydrogen-bond donors (Lipinski definition) is 1. The Hall–Kier alpha value is -1.33. The third-order valence-electron chi connectivity index (χ3n) is 1.72. The van der Waals surface area contributed by atoms with Crippen molar-refractivity contribution in [1.82, 2.24) is 9.03 Å². The van der Waals surface area contributed by atoms with E-state index in [0.29, 0.717) is 0 Å². The van der Waals surface area contributed by atoms with Crippen LogP contribution in [-0.2, 0) is 14.9 Å². The molecule has 0 fully saturated rings. The molecular formula is C9H17N3O4S. The van der Waals surface area contributed by atoms with Crippen LogP contribution in [0.3, 0.4) is 0 Å². The van der Waals surface area contributed by atoms with Crippen molar-refractivity contribution < 1.29 is 17.9 Å². The maximum absolute atomic E-state index is 11.7. The lowest BCUT2D eigenvalue weighted by atomic mass is 10.5. The van der Waals surface area contributed by atoms with Crippen molar-refractivity contribution in [1.29, 1.82) is 5.26 Å². The van der Waals surface area contributed by atoms with Gasteiger partial charge in [0.05, 0.1) is 12.2 Å². The fourth-order valence-corrected chi connectivity index (χ4v) is 2.09. The summed E-state index contributed by atoms with van der Waals surface area (Å²) >= 11 is 0. The molecule has 7 nitrogen and oxygen atoms in total. The van der Waals surface area contributed by atoms with Crippen LogP contribution in [0.25, 0.3) is 0 Å². The highest BCUT2D eigenvalue weighted by Gasteiger charge is 2.23. The Kier molecular flexibility index (Phi) is 6.53. The molecule has 0 aliphatic rings. The minimum absolute atomic E-state index is 0.0390. The second kappa shape index (κ2) is 7.09. The molecule has 0 aliphatic heterocycles. The summed E-state index contributed by atoms with van der Waals surface area (Å²) in [6.07, 6.45) is -1.36. The van der Waals surface area contributed by atoms with Gasteiger partial charge in [0.1, 0.15) is 0 Å². The van der Waals surface area contributed by atoms with E-state index < -0.39 is 22.4 Å². The van der Waals surface area contributed by atoms with E-state index in [0.717, 1.165) is 4.31 Å². The largest absolute Gasteiger partial charge is 0.446 e. The molecule has 0 heterocycles. The van der Waals surface area contributed by atoms with Crippen molar-refractivity contribution >= 4 is 16.3 Å². The lowest BCUT2D eigenvalue weighted by molar-refractivity contribution is 0.121. The lowest BCUT2D eigenvalue weighted by Crippen LogP contribution is -2.44. The van der Waals surface area contributed by atoms with Gasteiger partial charge in [-0.25, -0.2) is 9.52 Å². The summed E-state index contributed by atoms with van der Waals surface area (Å²) in [6, 6.07) is 1.84. The number of hydrogen-bond acceptors (Lipinski definition) is 5. The highest BCUT2D eigenvalue weighted by molar-refractivity contribution is 7.87. The van der Waals surface area contributed by atoms with Crippen LogP contribution in [-0.4, -0.2) is 38.0 Å². The third-order valence-corrected chi connectivity index (χ3v) is 3.27. The van der Waals surface area contributed by atoms with Crippen molar-refractivity contribution in [2.24, 2.45) is 0 Å². The van der Waals surface area contributed by atoms with Crippen LogP contribution >= 0.6 is 0 Å². The van der Waals surface area contributed by atoms with E-state index in [-0.39, 0.29) is 19.5 Å². The van der Waals surface area contributed by atoms with E-state index >= 15 is 0 Å². The first-order valence-electron chi connectivity index (χ1n) is 5.19. The van der Waals surface area contributed by atoms with Crippen LogP contribution in [0.4, 0.5) is 4.79 Å². The highest BCUT2D eigenvalue weighted by atomic mass is 32.2. The minimum Gasteiger partial charge on any atom is -0.446 e. The van der Waals surface area contributed by atoms with Crippen LogP contribution < -0.4 is 4.72 Å². The summed E-state index contributed by atoms with van der Waals surface area (Å²) in [5.74, 6) is 0. The van der Waals surface area contributed by atoms with Crippen molar-refractivity contribution in [2.45, 2.75) is 33.3 Å². The second-order valence-corrected chi connectivity index (χ2v) is 5.13. The maximum Gasteiger partial charge on any atom is 0.422 e. The number of nitrogens with zero attached hydrogens (tertiary/aromatic N) is 2. The molecule has 0 saturated carbocycles. The second-order valence-electron chi connectivity index (χ2n) is 3.46. The molecule has 0 aromatic heterocycles. The van der Waals surface area contributed by atoms with Crippen molar-refractivity contribution in [3.05, 3.63) is 0 Å². The Bertz CT molecular complexity index is 386. The first-order chi connectivity index (χ1) is 7.83. The highest BCUT2D eigenvalue weighted by Crippen LogP contribution is 2.00. The van der Waals surface area contributed by atoms with Crippen LogP contribution in [0.5, 0.6) is 0 Å². The molecule has 0 bridgehead atoms. The molecule has 8 heteroatoms. The Morgan fingerprint density at radius 3 is 2.53 bits per heavy atom. The molecule has 0 saturated heterocycles. The van der Waals surface area contributed by atoms with E-state index in [1.807, 2.05) is 6.07 Å². The number of rotatable bonds is 6. The molecule has 0 spiro atoms. The zero-order chi connectivity index (χ0) is 13.5. The molecule has 98 valence electrons. The lowest BCUT2D eigenvalue weighted by Gasteiger charge is -2.19. The molecule has 0 aromatic carbocycles. The molecule has 0 atom stereocenters. The van der Waals surface area contributed by atoms with E-state index in [1.165, 1.54) is 0 Å². The van der Waals surface area contributed by atoms with E-state index in [4.69, 9.17) is 5.26 Å². The number of carbonyl (C=O) groups is 1. The van der Waals surface area contributed by atoms with Crippen molar-refractivity contribution in [3.8, 4) is 6.07 Å². The first kappa shape index (κ1) is 15.7. The van der Waals surface area contributed by atoms with Gasteiger partial charge in [0, 0.05) is 19.5 Å². The normalized spacial score (nSPS) is 11.3. The van der Waals surface area contributed by atoms with Gasteiger partial charge >= 0.3 is 16.3 Å². The quantitative estimate of drug-likeness (QED) is 0.756. The number of nitrogens with one attached hydrogen (secondary N) is 1. The van der Waals surface area contributed by atoms with Gasteiger partial charge < -0.3 is 4.74 Å². The standard InChI is InChI=1S/C9H17N3O4S/c1-4-12(7-5-6-10)17(14,15)11-9(13)16-8(2)3/h8H,4-5,7H2,1-3H3,(H,11,13). The molecule has 1 N–H and O–H groups in total. The monoisotopic (exact) mass is 263 g/mol. The molecule has 0 unspecified atom stereocenters. The van der Waals surface area contributed by atoms with Gasteiger partial charge in [0.15, 0.2) is 0 Å². The summed E-state index contributed by atoms with van der Waals surface area (Å²) in [5, 5.41) is 8.39. The molecule has 0 aromatic rings. The number of ether oxygens (including phenoxy) is 1. The van der Waals surface area contributed by atoms with Gasteiger partial charge in [-0.15, -0.1) is 0 Å². The van der Waals surface area contributed by atoms with Crippen LogP contribution in [0.15, 0.2) is 0 Å². The predicted molar refractivity (Wildman–Crippen MR) is 61.1 cm³/mol. The zero-order valence-electron chi connectivity index (χ0n) is 10.1. The third kappa shape index (κ3) is 6.09. The summed E-state index contributed by atoms with van der Waals surface area (Å²) in [5.41, 5.74) is 0. The first-order valence-corrected chi connectivity index (χ1v) is 6.63. The van der Waals surface area contributed by atoms with Gasteiger partial charge in [-0.05, 0) is 13.8 Å². The van der Waals surface area contributed by atoms with E-state index in [9.17, 15) is 13.2 Å². The number of carbonyl (C=O) groups excluding carboxylic acids is 1. The van der Waals surface area contributed by atoms with Gasteiger partial charge in [-0.3, -0.25) is 0 Å². The average Bonchev–Trinajstić information content (AvgIpc) is 2.15. The topological polar surface area (TPSA) is 99.5 Å². The van der Waals surface area contributed by atoms with Gasteiger partial charge in [0.25, 0.3) is 0 Å². The number of amides is 1. The molecule has 0 radical (unpaired) electrons. The van der Waals surface area contributed by atoms with E-state index in [2.05, 4.69) is 4.74 Å². The summed E-state index contributed by atoms with van der Waals surface area (Å²) in [4.78, 5) is 11.2. The predicted octanol–water partition coefficient (Wildman–Crippen LogP) is 0.601. The van der Waals surface area contributed by atoms with Crippen molar-refractivity contribution in [2.75, 3.05) is 13.1 Å². The molecule has 0 aliphatic carbocycles. The van der Waals surface area contributed by atoms with Crippen molar-refractivity contribution in [3.63, 3.8) is 0 Å². The van der Waals surface area contributed by atoms with Gasteiger partial charge in [-0.2, -0.15) is 18.0 Å². The van der Waals surface area contributed by atoms with Gasteiger partial charge in [0.2, 0.25) is 0 Å². The molecule has 17 heavy (non-hydrogen) atoms. The maximum atomic E-state index is 11.7. The van der Waals surface area contributed by atoms with E-state index in [1.54, 1.807) is 25.5 Å². The fraction of sp³-hybridized carbons (Fsp3) is 0.778. The van der Waals surface area contributed by atoms with Gasteiger partial charge in [-0.1, -0.05) is 6.92 Å². The van der Waals surface area contributed by atoms with Crippen LogP contribution in [0.1, 0.15) is 27.2 Å². The Morgan fingerprint density at radius 1 is 1.53 bits per heavy atom. The fourth-order valence-electron chi connectivity index (χ4n) is 1.03. The minimum atomic E-state index is -3.93. The molecule has 1 amide bonds. The SMILES string of the molecule is CCN(CCC#N)S(=O)(=O)NC(=O)OC(C)C.